The molecule has 0 unspecified atom stereocenters. The van der Waals surface area contributed by atoms with Crippen LogP contribution in [0.2, 0.25) is 5.02 Å². The number of nitrogens with one attached hydrogen (secondary N) is 1. The first-order valence-electron chi connectivity index (χ1n) is 8.28. The summed E-state index contributed by atoms with van der Waals surface area (Å²) < 4.78 is 13.8. The average molecular weight is 362 g/mol. The van der Waals surface area contributed by atoms with Gasteiger partial charge in [-0.25, -0.2) is 4.39 Å². The molecule has 0 atom stereocenters. The third-order valence-electron chi connectivity index (χ3n) is 4.43. The predicted molar refractivity (Wildman–Crippen MR) is 98.7 cm³/mol. The number of likely N-dealkylation sites (N-methyl/N-ethyl adjacent to an activating group) is 1. The number of carbonyl (C=O) groups is 1. The van der Waals surface area contributed by atoms with Gasteiger partial charge < -0.3 is 15.1 Å². The third kappa shape index (κ3) is 4.50. The molecule has 2 aromatic carbocycles. The van der Waals surface area contributed by atoms with Gasteiger partial charge in [-0.1, -0.05) is 23.7 Å². The molecule has 0 saturated carbocycles. The summed E-state index contributed by atoms with van der Waals surface area (Å²) in [6.45, 7) is 4.50. The summed E-state index contributed by atoms with van der Waals surface area (Å²) in [7, 11) is 2.13. The molecule has 1 heterocycles. The first-order valence-corrected chi connectivity index (χ1v) is 8.66. The summed E-state index contributed by atoms with van der Waals surface area (Å²) in [5.41, 5.74) is 2.16. The molecule has 1 aliphatic heterocycles. The fourth-order valence-electron chi connectivity index (χ4n) is 2.84. The molecule has 1 aliphatic rings. The number of nitrogens with zero attached hydrogens (tertiary/aromatic N) is 2. The molecule has 1 fully saturated rings. The molecule has 1 amide bonds. The number of carbonyl (C=O) groups excluding carboxylic acids is 1. The molecule has 6 heteroatoms. The summed E-state index contributed by atoms with van der Waals surface area (Å²) in [6.07, 6.45) is 0. The zero-order chi connectivity index (χ0) is 17.8. The van der Waals surface area contributed by atoms with Crippen molar-refractivity contribution >= 4 is 23.2 Å². The minimum Gasteiger partial charge on any atom is -0.369 e. The molecule has 0 aliphatic carbocycles. The Hall–Kier alpha value is -2.11. The Kier molecular flexibility index (Phi) is 5.56. The van der Waals surface area contributed by atoms with Crippen LogP contribution >= 0.6 is 11.6 Å². The molecule has 0 aromatic heterocycles. The lowest BCUT2D eigenvalue weighted by Crippen LogP contribution is -2.44. The SMILES string of the molecule is CN1CCN(c2ccc(CNC(=O)c3ccc(Cl)cc3F)cc2)CC1. The molecular weight excluding hydrogens is 341 g/mol. The second-order valence-electron chi connectivity index (χ2n) is 6.26. The van der Waals surface area contributed by atoms with Gasteiger partial charge in [-0.05, 0) is 42.9 Å². The van der Waals surface area contributed by atoms with Crippen LogP contribution in [0.4, 0.5) is 10.1 Å². The number of anilines is 1. The van der Waals surface area contributed by atoms with E-state index in [4.69, 9.17) is 11.6 Å². The van der Waals surface area contributed by atoms with Crippen LogP contribution in [0, 0.1) is 5.82 Å². The minimum atomic E-state index is -0.615. The fraction of sp³-hybridized carbons (Fsp3) is 0.316. The maximum Gasteiger partial charge on any atom is 0.254 e. The van der Waals surface area contributed by atoms with Crippen molar-refractivity contribution in [3.8, 4) is 0 Å². The van der Waals surface area contributed by atoms with Crippen LogP contribution in [0.15, 0.2) is 42.5 Å². The summed E-state index contributed by atoms with van der Waals surface area (Å²) in [5.74, 6) is -1.06. The highest BCUT2D eigenvalue weighted by Gasteiger charge is 2.14. The molecule has 25 heavy (non-hydrogen) atoms. The zero-order valence-corrected chi connectivity index (χ0v) is 14.9. The number of hydrogen-bond acceptors (Lipinski definition) is 3. The lowest BCUT2D eigenvalue weighted by molar-refractivity contribution is 0.0947. The molecule has 1 N–H and O–H groups in total. The Labute approximate surface area is 152 Å². The van der Waals surface area contributed by atoms with Crippen molar-refractivity contribution in [1.82, 2.24) is 10.2 Å². The maximum atomic E-state index is 13.8. The summed E-state index contributed by atoms with van der Waals surface area (Å²) >= 11 is 5.70. The maximum absolute atomic E-state index is 13.8. The van der Waals surface area contributed by atoms with E-state index in [2.05, 4.69) is 34.3 Å². The lowest BCUT2D eigenvalue weighted by atomic mass is 10.1. The fourth-order valence-corrected chi connectivity index (χ4v) is 3.00. The van der Waals surface area contributed by atoms with Gasteiger partial charge in [-0.15, -0.1) is 0 Å². The highest BCUT2D eigenvalue weighted by Crippen LogP contribution is 2.18. The van der Waals surface area contributed by atoms with E-state index in [1.165, 1.54) is 17.8 Å². The normalized spacial score (nSPS) is 15.2. The Morgan fingerprint density at radius 1 is 1.12 bits per heavy atom. The van der Waals surface area contributed by atoms with Crippen molar-refractivity contribution < 1.29 is 9.18 Å². The van der Waals surface area contributed by atoms with E-state index in [1.807, 2.05) is 12.1 Å². The molecule has 1 saturated heterocycles. The van der Waals surface area contributed by atoms with Gasteiger partial charge >= 0.3 is 0 Å². The number of halogens is 2. The van der Waals surface area contributed by atoms with Crippen molar-refractivity contribution in [1.29, 1.82) is 0 Å². The molecule has 2 aromatic rings. The summed E-state index contributed by atoms with van der Waals surface area (Å²) in [6, 6.07) is 12.2. The Balaban J connectivity index is 1.57. The van der Waals surface area contributed by atoms with Crippen molar-refractivity contribution in [2.75, 3.05) is 38.1 Å². The van der Waals surface area contributed by atoms with E-state index in [9.17, 15) is 9.18 Å². The van der Waals surface area contributed by atoms with E-state index < -0.39 is 11.7 Å². The first kappa shape index (κ1) is 17.7. The summed E-state index contributed by atoms with van der Waals surface area (Å²) in [4.78, 5) is 16.8. The largest absolute Gasteiger partial charge is 0.369 e. The van der Waals surface area contributed by atoms with E-state index in [0.29, 0.717) is 6.54 Å². The van der Waals surface area contributed by atoms with Gasteiger partial charge in [0, 0.05) is 43.4 Å². The average Bonchev–Trinajstić information content (AvgIpc) is 2.61. The van der Waals surface area contributed by atoms with Crippen molar-refractivity contribution in [3.05, 3.63) is 64.4 Å². The zero-order valence-electron chi connectivity index (χ0n) is 14.1. The lowest BCUT2D eigenvalue weighted by Gasteiger charge is -2.34. The van der Waals surface area contributed by atoms with Crippen LogP contribution in [0.1, 0.15) is 15.9 Å². The molecule has 0 radical (unpaired) electrons. The van der Waals surface area contributed by atoms with E-state index in [0.717, 1.165) is 37.8 Å². The predicted octanol–water partition coefficient (Wildman–Crippen LogP) is 3.16. The minimum absolute atomic E-state index is 0.00143. The van der Waals surface area contributed by atoms with Gasteiger partial charge in [-0.2, -0.15) is 0 Å². The smallest absolute Gasteiger partial charge is 0.254 e. The number of amides is 1. The van der Waals surface area contributed by atoms with Crippen molar-refractivity contribution in [2.45, 2.75) is 6.54 Å². The summed E-state index contributed by atoms with van der Waals surface area (Å²) in [5, 5.41) is 3.01. The third-order valence-corrected chi connectivity index (χ3v) is 4.67. The van der Waals surface area contributed by atoms with Crippen LogP contribution in [-0.4, -0.2) is 44.0 Å². The second kappa shape index (κ2) is 7.85. The van der Waals surface area contributed by atoms with E-state index in [1.54, 1.807) is 0 Å². The molecule has 132 valence electrons. The molecule has 0 bridgehead atoms. The number of piperazine rings is 1. The first-order chi connectivity index (χ1) is 12.0. The number of benzene rings is 2. The Morgan fingerprint density at radius 3 is 2.44 bits per heavy atom. The van der Waals surface area contributed by atoms with E-state index >= 15 is 0 Å². The van der Waals surface area contributed by atoms with Gasteiger partial charge in [0.05, 0.1) is 5.56 Å². The van der Waals surface area contributed by atoms with Crippen LogP contribution in [-0.2, 0) is 6.54 Å². The number of hydrogen-bond donors (Lipinski definition) is 1. The van der Waals surface area contributed by atoms with Crippen LogP contribution < -0.4 is 10.2 Å². The second-order valence-corrected chi connectivity index (χ2v) is 6.70. The van der Waals surface area contributed by atoms with Crippen LogP contribution in [0.3, 0.4) is 0 Å². The van der Waals surface area contributed by atoms with Crippen LogP contribution in [0.5, 0.6) is 0 Å². The van der Waals surface area contributed by atoms with Gasteiger partial charge in [-0.3, -0.25) is 4.79 Å². The molecule has 3 rings (SSSR count). The van der Waals surface area contributed by atoms with Gasteiger partial charge in [0.2, 0.25) is 0 Å². The number of rotatable bonds is 4. The monoisotopic (exact) mass is 361 g/mol. The van der Waals surface area contributed by atoms with Crippen LogP contribution in [0.25, 0.3) is 0 Å². The molecule has 0 spiro atoms. The Bertz CT molecular complexity index is 743. The Morgan fingerprint density at radius 2 is 1.80 bits per heavy atom. The molecule has 4 nitrogen and oxygen atoms in total. The van der Waals surface area contributed by atoms with E-state index in [-0.39, 0.29) is 10.6 Å². The van der Waals surface area contributed by atoms with Crippen molar-refractivity contribution in [2.24, 2.45) is 0 Å². The molecular formula is C19H21ClFN3O. The highest BCUT2D eigenvalue weighted by atomic mass is 35.5. The topological polar surface area (TPSA) is 35.6 Å². The quantitative estimate of drug-likeness (QED) is 0.908. The van der Waals surface area contributed by atoms with Crippen molar-refractivity contribution in [3.63, 3.8) is 0 Å². The van der Waals surface area contributed by atoms with Gasteiger partial charge in [0.15, 0.2) is 0 Å². The van der Waals surface area contributed by atoms with Gasteiger partial charge in [0.1, 0.15) is 5.82 Å². The van der Waals surface area contributed by atoms with Gasteiger partial charge in [0.25, 0.3) is 5.91 Å². The standard InChI is InChI=1S/C19H21ClFN3O/c1-23-8-10-24(11-9-23)16-5-2-14(3-6-16)13-22-19(25)17-7-4-15(20)12-18(17)21/h2-7,12H,8-11,13H2,1H3,(H,22,25). The highest BCUT2D eigenvalue weighted by molar-refractivity contribution is 6.30.